The van der Waals surface area contributed by atoms with Crippen LogP contribution in [0.3, 0.4) is 0 Å². The van der Waals surface area contributed by atoms with Crippen LogP contribution in [0.4, 0.5) is 0 Å². The van der Waals surface area contributed by atoms with E-state index in [4.69, 9.17) is 10.8 Å². The Morgan fingerprint density at radius 3 is 2.78 bits per heavy atom. The van der Waals surface area contributed by atoms with Crippen LogP contribution in [0.5, 0.6) is 0 Å². The SMILES string of the molecule is NCc1ccc(S(=O)(=O)N2CCC(CO)C2)cn1. The topological polar surface area (TPSA) is 96.5 Å². The molecule has 7 heteroatoms. The normalized spacial score (nSPS) is 21.3. The van der Waals surface area contributed by atoms with Gasteiger partial charge in [-0.3, -0.25) is 4.98 Å². The number of sulfonamides is 1. The molecule has 6 nitrogen and oxygen atoms in total. The predicted molar refractivity (Wildman–Crippen MR) is 66.1 cm³/mol. The Hall–Kier alpha value is -1.02. The first-order valence-electron chi connectivity index (χ1n) is 5.84. The van der Waals surface area contributed by atoms with Gasteiger partial charge < -0.3 is 10.8 Å². The number of aromatic nitrogens is 1. The maximum Gasteiger partial charge on any atom is 0.244 e. The van der Waals surface area contributed by atoms with Gasteiger partial charge in [-0.15, -0.1) is 0 Å². The van der Waals surface area contributed by atoms with Crippen LogP contribution < -0.4 is 5.73 Å². The fourth-order valence-corrected chi connectivity index (χ4v) is 3.47. The Balaban J connectivity index is 2.20. The van der Waals surface area contributed by atoms with E-state index in [0.29, 0.717) is 25.2 Å². The van der Waals surface area contributed by atoms with Gasteiger partial charge in [-0.05, 0) is 24.5 Å². The summed E-state index contributed by atoms with van der Waals surface area (Å²) in [5, 5.41) is 9.04. The number of hydrogen-bond donors (Lipinski definition) is 2. The lowest BCUT2D eigenvalue weighted by Gasteiger charge is -2.16. The Morgan fingerprint density at radius 1 is 1.50 bits per heavy atom. The second-order valence-electron chi connectivity index (χ2n) is 4.39. The van der Waals surface area contributed by atoms with Crippen molar-refractivity contribution in [3.8, 4) is 0 Å². The lowest BCUT2D eigenvalue weighted by molar-refractivity contribution is 0.233. The Labute approximate surface area is 106 Å². The molecule has 0 aliphatic carbocycles. The zero-order chi connectivity index (χ0) is 13.2. The average molecular weight is 271 g/mol. The first-order chi connectivity index (χ1) is 8.57. The van der Waals surface area contributed by atoms with Gasteiger partial charge in [-0.1, -0.05) is 0 Å². The smallest absolute Gasteiger partial charge is 0.244 e. The monoisotopic (exact) mass is 271 g/mol. The molecule has 0 radical (unpaired) electrons. The van der Waals surface area contributed by atoms with E-state index in [-0.39, 0.29) is 24.0 Å². The van der Waals surface area contributed by atoms with E-state index in [0.717, 1.165) is 0 Å². The highest BCUT2D eigenvalue weighted by molar-refractivity contribution is 7.89. The van der Waals surface area contributed by atoms with E-state index in [1.54, 1.807) is 6.07 Å². The van der Waals surface area contributed by atoms with Crippen LogP contribution in [-0.2, 0) is 16.6 Å². The van der Waals surface area contributed by atoms with Gasteiger partial charge in [0.25, 0.3) is 0 Å². The molecule has 2 rings (SSSR count). The minimum absolute atomic E-state index is 0.0242. The summed E-state index contributed by atoms with van der Waals surface area (Å²) in [6, 6.07) is 3.14. The van der Waals surface area contributed by atoms with E-state index < -0.39 is 10.0 Å². The molecule has 0 aromatic carbocycles. The molecule has 2 heterocycles. The molecule has 0 amide bonds. The number of rotatable bonds is 4. The number of nitrogens with two attached hydrogens (primary N) is 1. The molecule has 1 unspecified atom stereocenters. The second kappa shape index (κ2) is 5.31. The van der Waals surface area contributed by atoms with Crippen molar-refractivity contribution >= 4 is 10.0 Å². The molecule has 1 aromatic rings. The summed E-state index contributed by atoms with van der Waals surface area (Å²) in [5.41, 5.74) is 6.07. The summed E-state index contributed by atoms with van der Waals surface area (Å²) in [4.78, 5) is 4.17. The van der Waals surface area contributed by atoms with Gasteiger partial charge in [0, 0.05) is 32.4 Å². The Morgan fingerprint density at radius 2 is 2.28 bits per heavy atom. The first-order valence-corrected chi connectivity index (χ1v) is 7.28. The molecular weight excluding hydrogens is 254 g/mol. The van der Waals surface area contributed by atoms with Crippen LogP contribution in [-0.4, -0.2) is 42.5 Å². The maximum atomic E-state index is 12.3. The lowest BCUT2D eigenvalue weighted by atomic mass is 10.1. The van der Waals surface area contributed by atoms with Crippen molar-refractivity contribution in [1.82, 2.24) is 9.29 Å². The third kappa shape index (κ3) is 2.54. The van der Waals surface area contributed by atoms with E-state index in [1.807, 2.05) is 0 Å². The summed E-state index contributed by atoms with van der Waals surface area (Å²) < 4.78 is 25.9. The first kappa shape index (κ1) is 13.4. The molecule has 0 spiro atoms. The highest BCUT2D eigenvalue weighted by Crippen LogP contribution is 2.23. The second-order valence-corrected chi connectivity index (χ2v) is 6.33. The van der Waals surface area contributed by atoms with Crippen molar-refractivity contribution in [3.05, 3.63) is 24.0 Å². The van der Waals surface area contributed by atoms with Gasteiger partial charge in [0.15, 0.2) is 0 Å². The predicted octanol–water partition coefficient (Wildman–Crippen LogP) is -0.457. The van der Waals surface area contributed by atoms with Gasteiger partial charge in [0.2, 0.25) is 10.0 Å². The van der Waals surface area contributed by atoms with Crippen molar-refractivity contribution in [3.63, 3.8) is 0 Å². The number of nitrogens with zero attached hydrogens (tertiary/aromatic N) is 2. The third-order valence-electron chi connectivity index (χ3n) is 3.15. The Bertz CT molecular complexity index is 501. The van der Waals surface area contributed by atoms with Gasteiger partial charge in [0.1, 0.15) is 4.90 Å². The maximum absolute atomic E-state index is 12.3. The van der Waals surface area contributed by atoms with Crippen LogP contribution in [0.2, 0.25) is 0 Å². The molecule has 1 saturated heterocycles. The summed E-state index contributed by atoms with van der Waals surface area (Å²) in [6.07, 6.45) is 2.04. The quantitative estimate of drug-likeness (QED) is 0.772. The molecule has 1 aliphatic heterocycles. The van der Waals surface area contributed by atoms with E-state index >= 15 is 0 Å². The van der Waals surface area contributed by atoms with Crippen molar-refractivity contribution in [2.75, 3.05) is 19.7 Å². The van der Waals surface area contributed by atoms with Gasteiger partial charge in [0.05, 0.1) is 5.69 Å². The minimum atomic E-state index is -3.49. The van der Waals surface area contributed by atoms with E-state index in [1.165, 1.54) is 16.6 Å². The molecular formula is C11H17N3O3S. The van der Waals surface area contributed by atoms with Crippen LogP contribution in [0.25, 0.3) is 0 Å². The summed E-state index contributed by atoms with van der Waals surface area (Å²) in [7, 11) is -3.49. The van der Waals surface area contributed by atoms with Gasteiger partial charge >= 0.3 is 0 Å². The summed E-state index contributed by atoms with van der Waals surface area (Å²) in [6.45, 7) is 1.14. The largest absolute Gasteiger partial charge is 0.396 e. The van der Waals surface area contributed by atoms with Gasteiger partial charge in [-0.25, -0.2) is 8.42 Å². The van der Waals surface area contributed by atoms with Crippen LogP contribution in [0.1, 0.15) is 12.1 Å². The molecule has 1 fully saturated rings. The fourth-order valence-electron chi connectivity index (χ4n) is 2.00. The standard InChI is InChI=1S/C11H17N3O3S/c12-5-10-1-2-11(6-13-10)18(16,17)14-4-3-9(7-14)8-15/h1-2,6,9,15H,3-5,7-8,12H2. The highest BCUT2D eigenvalue weighted by atomic mass is 32.2. The van der Waals surface area contributed by atoms with Gasteiger partial charge in [-0.2, -0.15) is 4.31 Å². The molecule has 3 N–H and O–H groups in total. The Kier molecular flexibility index (Phi) is 3.96. The average Bonchev–Trinajstić information content (AvgIpc) is 2.88. The van der Waals surface area contributed by atoms with Crippen molar-refractivity contribution in [2.45, 2.75) is 17.9 Å². The number of hydrogen-bond acceptors (Lipinski definition) is 5. The number of aliphatic hydroxyl groups excluding tert-OH is 1. The molecule has 100 valence electrons. The number of aliphatic hydroxyl groups is 1. The van der Waals surface area contributed by atoms with Crippen molar-refractivity contribution < 1.29 is 13.5 Å². The zero-order valence-electron chi connectivity index (χ0n) is 9.99. The third-order valence-corrected chi connectivity index (χ3v) is 5.00. The summed E-state index contributed by atoms with van der Waals surface area (Å²) >= 11 is 0. The number of pyridine rings is 1. The van der Waals surface area contributed by atoms with Crippen molar-refractivity contribution in [2.24, 2.45) is 11.7 Å². The molecule has 1 aromatic heterocycles. The lowest BCUT2D eigenvalue weighted by Crippen LogP contribution is -2.29. The molecule has 0 bridgehead atoms. The van der Waals surface area contributed by atoms with Crippen molar-refractivity contribution in [1.29, 1.82) is 0 Å². The molecule has 18 heavy (non-hydrogen) atoms. The zero-order valence-corrected chi connectivity index (χ0v) is 10.8. The highest BCUT2D eigenvalue weighted by Gasteiger charge is 2.32. The molecule has 0 saturated carbocycles. The summed E-state index contributed by atoms with van der Waals surface area (Å²) in [5.74, 6) is 0.0380. The van der Waals surface area contributed by atoms with Crippen LogP contribution in [0, 0.1) is 5.92 Å². The van der Waals surface area contributed by atoms with Crippen LogP contribution in [0.15, 0.2) is 23.2 Å². The molecule has 1 atom stereocenters. The fraction of sp³-hybridized carbons (Fsp3) is 0.545. The minimum Gasteiger partial charge on any atom is -0.396 e. The molecule has 1 aliphatic rings. The van der Waals surface area contributed by atoms with E-state index in [9.17, 15) is 8.42 Å². The van der Waals surface area contributed by atoms with Crippen LogP contribution >= 0.6 is 0 Å². The van der Waals surface area contributed by atoms with E-state index in [2.05, 4.69) is 4.98 Å².